The van der Waals surface area contributed by atoms with Gasteiger partial charge in [0.2, 0.25) is 5.95 Å². The lowest BCUT2D eigenvalue weighted by Gasteiger charge is -2.13. The zero-order valence-corrected chi connectivity index (χ0v) is 13.6. The number of nitrogens with zero attached hydrogens (tertiary/aromatic N) is 4. The van der Waals surface area contributed by atoms with E-state index in [9.17, 15) is 13.2 Å². The van der Waals surface area contributed by atoms with Crippen LogP contribution in [-0.4, -0.2) is 40.8 Å². The fraction of sp³-hybridized carbons (Fsp3) is 0.385. The molecular formula is C13H17N5O3S. The first-order valence-electron chi connectivity index (χ1n) is 6.62. The molecule has 0 fully saturated rings. The third kappa shape index (κ3) is 2.98. The van der Waals surface area contributed by atoms with E-state index >= 15 is 0 Å². The Morgan fingerprint density at radius 1 is 1.36 bits per heavy atom. The Kier molecular flexibility index (Phi) is 4.27. The second-order valence-corrected chi connectivity index (χ2v) is 6.88. The van der Waals surface area contributed by atoms with E-state index in [4.69, 9.17) is 0 Å². The fourth-order valence-corrected chi connectivity index (χ4v) is 3.65. The number of anilines is 1. The van der Waals surface area contributed by atoms with Crippen molar-refractivity contribution in [2.75, 3.05) is 11.6 Å². The summed E-state index contributed by atoms with van der Waals surface area (Å²) in [5.41, 5.74) is 1.40. The normalized spacial score (nSPS) is 11.5. The molecule has 9 heteroatoms. The number of hydrogen-bond donors (Lipinski definition) is 1. The summed E-state index contributed by atoms with van der Waals surface area (Å²) in [7, 11) is -1.84. The first-order valence-corrected chi connectivity index (χ1v) is 8.51. The number of nitrogens with one attached hydrogen (secondary N) is 1. The summed E-state index contributed by atoms with van der Waals surface area (Å²) in [5, 5.41) is 13.3. The van der Waals surface area contributed by atoms with Crippen molar-refractivity contribution in [2.45, 2.75) is 25.2 Å². The summed E-state index contributed by atoms with van der Waals surface area (Å²) in [6.07, 6.45) is 1.71. The number of sulfone groups is 1. The standard InChI is InChI=1S/C13H17N5O3S/c1-5-9-6-7-10(8(2)11(9)22(4,20)21)12(19)14-13-15-16-17-18(13)3/h6-7H,5H2,1-4H3,(H,14,15,17,19). The molecule has 0 atom stereocenters. The average Bonchev–Trinajstić information content (AvgIpc) is 2.82. The number of benzene rings is 1. The molecule has 1 heterocycles. The molecule has 0 saturated carbocycles. The summed E-state index contributed by atoms with van der Waals surface area (Å²) < 4.78 is 25.3. The lowest BCUT2D eigenvalue weighted by molar-refractivity contribution is 0.102. The van der Waals surface area contributed by atoms with E-state index in [0.29, 0.717) is 17.5 Å². The van der Waals surface area contributed by atoms with E-state index in [-0.39, 0.29) is 16.4 Å². The highest BCUT2D eigenvalue weighted by atomic mass is 32.2. The summed E-state index contributed by atoms with van der Waals surface area (Å²) in [6.45, 7) is 3.49. The molecule has 2 aromatic rings. The fourth-order valence-electron chi connectivity index (χ4n) is 2.29. The second-order valence-electron chi connectivity index (χ2n) is 4.93. The number of carbonyl (C=O) groups excluding carboxylic acids is 1. The van der Waals surface area contributed by atoms with E-state index in [0.717, 1.165) is 6.26 Å². The van der Waals surface area contributed by atoms with Gasteiger partial charge in [0.05, 0.1) is 4.90 Å². The molecule has 1 N–H and O–H groups in total. The molecule has 1 aromatic heterocycles. The van der Waals surface area contributed by atoms with E-state index in [1.165, 1.54) is 4.68 Å². The van der Waals surface area contributed by atoms with Crippen molar-refractivity contribution in [2.24, 2.45) is 7.05 Å². The molecule has 0 aliphatic rings. The van der Waals surface area contributed by atoms with Gasteiger partial charge in [-0.05, 0) is 41.0 Å². The zero-order chi connectivity index (χ0) is 16.5. The minimum absolute atomic E-state index is 0.185. The smallest absolute Gasteiger partial charge is 0.258 e. The monoisotopic (exact) mass is 323 g/mol. The number of amides is 1. The highest BCUT2D eigenvalue weighted by Crippen LogP contribution is 2.24. The van der Waals surface area contributed by atoms with Gasteiger partial charge in [-0.2, -0.15) is 0 Å². The lowest BCUT2D eigenvalue weighted by atomic mass is 10.0. The molecule has 8 nitrogen and oxygen atoms in total. The minimum atomic E-state index is -3.43. The Hall–Kier alpha value is -2.29. The van der Waals surface area contributed by atoms with Crippen molar-refractivity contribution in [1.82, 2.24) is 20.2 Å². The number of carbonyl (C=O) groups is 1. The van der Waals surface area contributed by atoms with E-state index < -0.39 is 15.7 Å². The zero-order valence-electron chi connectivity index (χ0n) is 12.8. The topological polar surface area (TPSA) is 107 Å². The van der Waals surface area contributed by atoms with Crippen molar-refractivity contribution in [3.63, 3.8) is 0 Å². The molecule has 0 bridgehead atoms. The lowest BCUT2D eigenvalue weighted by Crippen LogP contribution is -2.18. The van der Waals surface area contributed by atoms with Crippen molar-refractivity contribution < 1.29 is 13.2 Å². The van der Waals surface area contributed by atoms with Crippen molar-refractivity contribution >= 4 is 21.7 Å². The summed E-state index contributed by atoms with van der Waals surface area (Å²) in [6, 6.07) is 3.27. The van der Waals surface area contributed by atoms with Gasteiger partial charge in [0.1, 0.15) is 0 Å². The molecule has 1 amide bonds. The van der Waals surface area contributed by atoms with Gasteiger partial charge >= 0.3 is 0 Å². The van der Waals surface area contributed by atoms with Gasteiger partial charge in [0.15, 0.2) is 9.84 Å². The van der Waals surface area contributed by atoms with Crippen LogP contribution in [-0.2, 0) is 23.3 Å². The Morgan fingerprint density at radius 3 is 2.55 bits per heavy atom. The second kappa shape index (κ2) is 5.84. The van der Waals surface area contributed by atoms with Crippen LogP contribution in [0.15, 0.2) is 17.0 Å². The van der Waals surface area contributed by atoms with Crippen LogP contribution < -0.4 is 5.32 Å². The SMILES string of the molecule is CCc1ccc(C(=O)Nc2nnnn2C)c(C)c1S(C)(=O)=O. The van der Waals surface area contributed by atoms with Crippen LogP contribution in [0.3, 0.4) is 0 Å². The number of tetrazole rings is 1. The molecule has 22 heavy (non-hydrogen) atoms. The van der Waals surface area contributed by atoms with E-state index in [2.05, 4.69) is 20.8 Å². The Bertz CT molecular complexity index is 826. The summed E-state index contributed by atoms with van der Waals surface area (Å²) in [5.74, 6) is -0.271. The summed E-state index contributed by atoms with van der Waals surface area (Å²) in [4.78, 5) is 12.6. The molecule has 0 aliphatic heterocycles. The molecule has 0 saturated heterocycles. The molecular weight excluding hydrogens is 306 g/mol. The molecule has 1 aromatic carbocycles. The molecule has 0 radical (unpaired) electrons. The van der Waals surface area contributed by atoms with Gasteiger partial charge < -0.3 is 0 Å². The van der Waals surface area contributed by atoms with E-state index in [1.54, 1.807) is 26.1 Å². The van der Waals surface area contributed by atoms with E-state index in [1.807, 2.05) is 6.92 Å². The van der Waals surface area contributed by atoms with Crippen LogP contribution in [0.1, 0.15) is 28.4 Å². The first kappa shape index (κ1) is 16.1. The third-order valence-corrected chi connectivity index (χ3v) is 4.64. The Morgan fingerprint density at radius 2 is 2.05 bits per heavy atom. The molecule has 0 aliphatic carbocycles. The first-order chi connectivity index (χ1) is 10.3. The van der Waals surface area contributed by atoms with Gasteiger partial charge in [-0.3, -0.25) is 10.1 Å². The minimum Gasteiger partial charge on any atom is -0.289 e. The number of hydrogen-bond acceptors (Lipinski definition) is 6. The molecule has 2 rings (SSSR count). The number of rotatable bonds is 4. The van der Waals surface area contributed by atoms with Gasteiger partial charge in [-0.15, -0.1) is 0 Å². The van der Waals surface area contributed by atoms with Crippen LogP contribution in [0.2, 0.25) is 0 Å². The van der Waals surface area contributed by atoms with Crippen LogP contribution in [0.25, 0.3) is 0 Å². The Labute approximate surface area is 128 Å². The van der Waals surface area contributed by atoms with Gasteiger partial charge in [-0.1, -0.05) is 18.1 Å². The van der Waals surface area contributed by atoms with Crippen LogP contribution in [0.5, 0.6) is 0 Å². The molecule has 118 valence electrons. The van der Waals surface area contributed by atoms with Gasteiger partial charge in [0, 0.05) is 18.9 Å². The highest BCUT2D eigenvalue weighted by Gasteiger charge is 2.21. The maximum absolute atomic E-state index is 12.3. The highest BCUT2D eigenvalue weighted by molar-refractivity contribution is 7.90. The van der Waals surface area contributed by atoms with Crippen molar-refractivity contribution in [3.05, 3.63) is 28.8 Å². The molecule has 0 unspecified atom stereocenters. The van der Waals surface area contributed by atoms with Crippen LogP contribution >= 0.6 is 0 Å². The predicted octanol–water partition coefficient (Wildman–Crippen LogP) is 0.737. The maximum atomic E-state index is 12.3. The van der Waals surface area contributed by atoms with Gasteiger partial charge in [-0.25, -0.2) is 13.1 Å². The van der Waals surface area contributed by atoms with Gasteiger partial charge in [0.25, 0.3) is 5.91 Å². The largest absolute Gasteiger partial charge is 0.289 e. The van der Waals surface area contributed by atoms with Crippen LogP contribution in [0.4, 0.5) is 5.95 Å². The van der Waals surface area contributed by atoms with Crippen LogP contribution in [0, 0.1) is 6.92 Å². The predicted molar refractivity (Wildman–Crippen MR) is 80.4 cm³/mol. The quantitative estimate of drug-likeness (QED) is 0.889. The molecule has 0 spiro atoms. The number of aromatic nitrogens is 4. The summed E-state index contributed by atoms with van der Waals surface area (Å²) >= 11 is 0. The maximum Gasteiger partial charge on any atom is 0.258 e. The number of aryl methyl sites for hydroxylation is 2. The van der Waals surface area contributed by atoms with Crippen molar-refractivity contribution in [1.29, 1.82) is 0 Å². The third-order valence-electron chi connectivity index (χ3n) is 3.33. The van der Waals surface area contributed by atoms with Crippen molar-refractivity contribution in [3.8, 4) is 0 Å². The average molecular weight is 323 g/mol. The Balaban J connectivity index is 2.49.